The minimum atomic E-state index is -0.771. The van der Waals surface area contributed by atoms with E-state index in [0.717, 1.165) is 77.0 Å². The molecule has 0 aliphatic rings. The average Bonchev–Trinajstić information content (AvgIpc) is 3.22. The van der Waals surface area contributed by atoms with E-state index in [1.165, 1.54) is 141 Å². The topological polar surface area (TPSA) is 78.9 Å². The first kappa shape index (κ1) is 55.6. The summed E-state index contributed by atoms with van der Waals surface area (Å²) in [7, 11) is 0. The lowest BCUT2D eigenvalue weighted by Crippen LogP contribution is -2.30. The lowest BCUT2D eigenvalue weighted by Gasteiger charge is -2.18. The Kier molecular flexibility index (Phi) is 45.4. The van der Waals surface area contributed by atoms with Gasteiger partial charge < -0.3 is 14.2 Å². The molecular formula is C52H94O6. The van der Waals surface area contributed by atoms with Gasteiger partial charge in [-0.15, -0.1) is 0 Å². The van der Waals surface area contributed by atoms with Crippen LogP contribution in [0.15, 0.2) is 36.5 Å². The van der Waals surface area contributed by atoms with Crippen LogP contribution in [0, 0.1) is 0 Å². The third kappa shape index (κ3) is 44.7. The van der Waals surface area contributed by atoms with E-state index < -0.39 is 6.10 Å². The second kappa shape index (κ2) is 47.3. The highest BCUT2D eigenvalue weighted by molar-refractivity contribution is 5.71. The monoisotopic (exact) mass is 815 g/mol. The summed E-state index contributed by atoms with van der Waals surface area (Å²) >= 11 is 0. The van der Waals surface area contributed by atoms with Crippen LogP contribution in [0.1, 0.15) is 258 Å². The van der Waals surface area contributed by atoms with Gasteiger partial charge in [-0.3, -0.25) is 14.4 Å². The highest BCUT2D eigenvalue weighted by atomic mass is 16.6. The van der Waals surface area contributed by atoms with Crippen molar-refractivity contribution in [3.05, 3.63) is 36.5 Å². The first-order valence-corrected chi connectivity index (χ1v) is 25.0. The Morgan fingerprint density at radius 1 is 0.345 bits per heavy atom. The molecule has 0 rings (SSSR count). The molecule has 0 spiro atoms. The molecule has 0 aliphatic carbocycles. The molecule has 0 saturated carbocycles. The van der Waals surface area contributed by atoms with Crippen molar-refractivity contribution in [3.63, 3.8) is 0 Å². The van der Waals surface area contributed by atoms with Gasteiger partial charge in [0.05, 0.1) is 0 Å². The Hall–Kier alpha value is -2.37. The smallest absolute Gasteiger partial charge is 0.306 e. The molecule has 0 N–H and O–H groups in total. The van der Waals surface area contributed by atoms with E-state index in [2.05, 4.69) is 57.2 Å². The van der Waals surface area contributed by atoms with Crippen LogP contribution in [0.2, 0.25) is 0 Å². The zero-order chi connectivity index (χ0) is 42.3. The van der Waals surface area contributed by atoms with Gasteiger partial charge >= 0.3 is 17.9 Å². The van der Waals surface area contributed by atoms with E-state index >= 15 is 0 Å². The minimum absolute atomic E-state index is 0.0746. The molecule has 0 aliphatic heterocycles. The number of hydrogen-bond acceptors (Lipinski definition) is 6. The molecule has 0 heterocycles. The van der Waals surface area contributed by atoms with E-state index in [0.29, 0.717) is 19.3 Å². The first-order chi connectivity index (χ1) is 28.5. The van der Waals surface area contributed by atoms with Crippen molar-refractivity contribution in [2.75, 3.05) is 13.2 Å². The van der Waals surface area contributed by atoms with Crippen molar-refractivity contribution in [1.82, 2.24) is 0 Å². The maximum Gasteiger partial charge on any atom is 0.306 e. The molecule has 1 unspecified atom stereocenters. The summed E-state index contributed by atoms with van der Waals surface area (Å²) < 4.78 is 16.7. The quantitative estimate of drug-likeness (QED) is 0.0264. The number of allylic oxidation sites excluding steroid dienone is 6. The van der Waals surface area contributed by atoms with Crippen molar-refractivity contribution in [2.45, 2.75) is 264 Å². The van der Waals surface area contributed by atoms with Gasteiger partial charge in [-0.1, -0.05) is 205 Å². The van der Waals surface area contributed by atoms with Crippen molar-refractivity contribution in [1.29, 1.82) is 0 Å². The van der Waals surface area contributed by atoms with Gasteiger partial charge in [-0.2, -0.15) is 0 Å². The van der Waals surface area contributed by atoms with E-state index in [9.17, 15) is 14.4 Å². The van der Waals surface area contributed by atoms with Crippen LogP contribution in [0.5, 0.6) is 0 Å². The normalized spacial score (nSPS) is 12.3. The molecule has 0 fully saturated rings. The van der Waals surface area contributed by atoms with E-state index in [1.54, 1.807) is 0 Å². The van der Waals surface area contributed by atoms with Gasteiger partial charge in [0.2, 0.25) is 0 Å². The summed E-state index contributed by atoms with van der Waals surface area (Å²) in [6.07, 6.45) is 54.1. The number of ether oxygens (including phenoxy) is 3. The number of hydrogen-bond donors (Lipinski definition) is 0. The SMILES string of the molecule is CCC/C=C\CCCCCCCC(=O)OCC(COC(=O)CCCCCCCCCCC/C=C\C/C=C\CCCCC)OC(=O)CCCCCCCCCCCCC. The summed E-state index contributed by atoms with van der Waals surface area (Å²) in [5.74, 6) is -0.883. The molecule has 0 saturated heterocycles. The van der Waals surface area contributed by atoms with Gasteiger partial charge in [0, 0.05) is 19.3 Å². The lowest BCUT2D eigenvalue weighted by atomic mass is 10.1. The Balaban J connectivity index is 4.28. The van der Waals surface area contributed by atoms with Crippen LogP contribution >= 0.6 is 0 Å². The summed E-state index contributed by atoms with van der Waals surface area (Å²) in [5.41, 5.74) is 0. The molecule has 1 atom stereocenters. The zero-order valence-corrected chi connectivity index (χ0v) is 38.6. The predicted octanol–water partition coefficient (Wildman–Crippen LogP) is 16.1. The molecule has 0 bridgehead atoms. The van der Waals surface area contributed by atoms with Gasteiger partial charge in [0.25, 0.3) is 0 Å². The van der Waals surface area contributed by atoms with Crippen molar-refractivity contribution in [2.24, 2.45) is 0 Å². The largest absolute Gasteiger partial charge is 0.462 e. The maximum absolute atomic E-state index is 12.7. The van der Waals surface area contributed by atoms with Gasteiger partial charge in [-0.05, 0) is 70.6 Å². The summed E-state index contributed by atoms with van der Waals surface area (Å²) in [6.45, 7) is 6.54. The number of carbonyl (C=O) groups excluding carboxylic acids is 3. The predicted molar refractivity (Wildman–Crippen MR) is 247 cm³/mol. The third-order valence-corrected chi connectivity index (χ3v) is 10.8. The van der Waals surface area contributed by atoms with E-state index in [-0.39, 0.29) is 31.1 Å². The van der Waals surface area contributed by atoms with Crippen molar-refractivity contribution >= 4 is 17.9 Å². The Bertz CT molecular complexity index is 984. The molecule has 0 aromatic rings. The van der Waals surface area contributed by atoms with Crippen LogP contribution < -0.4 is 0 Å². The Morgan fingerprint density at radius 2 is 0.655 bits per heavy atom. The number of unbranched alkanes of at least 4 members (excludes halogenated alkanes) is 28. The van der Waals surface area contributed by atoms with E-state index in [4.69, 9.17) is 14.2 Å². The van der Waals surface area contributed by atoms with Gasteiger partial charge in [-0.25, -0.2) is 0 Å². The molecular weight excluding hydrogens is 721 g/mol. The van der Waals surface area contributed by atoms with Gasteiger partial charge in [0.15, 0.2) is 6.10 Å². The van der Waals surface area contributed by atoms with Gasteiger partial charge in [0.1, 0.15) is 13.2 Å². The van der Waals surface area contributed by atoms with E-state index in [1.807, 2.05) is 0 Å². The van der Waals surface area contributed by atoms with Crippen LogP contribution in [-0.4, -0.2) is 37.2 Å². The second-order valence-electron chi connectivity index (χ2n) is 16.7. The fraction of sp³-hybridized carbons (Fsp3) is 0.827. The number of carbonyl (C=O) groups is 3. The minimum Gasteiger partial charge on any atom is -0.462 e. The zero-order valence-electron chi connectivity index (χ0n) is 38.6. The molecule has 338 valence electrons. The Labute approximate surface area is 359 Å². The number of rotatable bonds is 45. The van der Waals surface area contributed by atoms with Crippen molar-refractivity contribution < 1.29 is 28.6 Å². The molecule has 6 heteroatoms. The summed E-state index contributed by atoms with van der Waals surface area (Å²) in [4.78, 5) is 37.8. The highest BCUT2D eigenvalue weighted by Gasteiger charge is 2.19. The van der Waals surface area contributed by atoms with Crippen LogP contribution in [-0.2, 0) is 28.6 Å². The number of esters is 3. The molecule has 6 nitrogen and oxygen atoms in total. The Morgan fingerprint density at radius 3 is 1.07 bits per heavy atom. The summed E-state index contributed by atoms with van der Waals surface area (Å²) in [5, 5.41) is 0. The fourth-order valence-corrected chi connectivity index (χ4v) is 7.06. The molecule has 0 aromatic carbocycles. The second-order valence-corrected chi connectivity index (χ2v) is 16.7. The third-order valence-electron chi connectivity index (χ3n) is 10.8. The molecule has 0 aromatic heterocycles. The maximum atomic E-state index is 12.7. The highest BCUT2D eigenvalue weighted by Crippen LogP contribution is 2.15. The van der Waals surface area contributed by atoms with Crippen LogP contribution in [0.3, 0.4) is 0 Å². The average molecular weight is 815 g/mol. The van der Waals surface area contributed by atoms with Crippen LogP contribution in [0.25, 0.3) is 0 Å². The van der Waals surface area contributed by atoms with Crippen LogP contribution in [0.4, 0.5) is 0 Å². The molecule has 0 amide bonds. The fourth-order valence-electron chi connectivity index (χ4n) is 7.06. The standard InChI is InChI=1S/C52H94O6/c1-4-7-10-13-16-19-22-23-24-25-26-27-28-29-31-33-36-39-42-45-51(54)57-48-49(47-56-50(53)44-41-38-35-32-21-18-15-12-9-6-3)58-52(55)46-43-40-37-34-30-20-17-14-11-8-5-2/h12,15-16,19,23-24,49H,4-11,13-14,17-18,20-22,25-48H2,1-3H3/b15-12-,19-16-,24-23-. The molecule has 58 heavy (non-hydrogen) atoms. The first-order valence-electron chi connectivity index (χ1n) is 25.0. The summed E-state index contributed by atoms with van der Waals surface area (Å²) in [6, 6.07) is 0. The molecule has 0 radical (unpaired) electrons. The lowest BCUT2D eigenvalue weighted by molar-refractivity contribution is -0.167. The van der Waals surface area contributed by atoms with Crippen molar-refractivity contribution in [3.8, 4) is 0 Å².